The summed E-state index contributed by atoms with van der Waals surface area (Å²) in [6.45, 7) is 2.59. The average Bonchev–Trinajstić information content (AvgIpc) is 3.33. The summed E-state index contributed by atoms with van der Waals surface area (Å²) in [5.74, 6) is 1.74. The standard InChI is InChI=1S/C19H16N4O2/c1-2-24-15-10-8-14(9-11-15)18-20-19(25-23-18)17-12-16(21-22-17)13-6-4-3-5-7-13/h3-12H,2H2,1H3,(H,21,22). The third-order valence-corrected chi connectivity index (χ3v) is 3.73. The number of aromatic nitrogens is 4. The summed E-state index contributed by atoms with van der Waals surface area (Å²) in [6.07, 6.45) is 0. The third kappa shape index (κ3) is 3.14. The zero-order valence-corrected chi connectivity index (χ0v) is 13.6. The van der Waals surface area contributed by atoms with E-state index in [-0.39, 0.29) is 0 Å². The fourth-order valence-electron chi connectivity index (χ4n) is 2.51. The molecule has 0 aliphatic heterocycles. The SMILES string of the molecule is CCOc1ccc(-c2noc(-c3cc(-c4ccccc4)n[nH]3)n2)cc1. The molecule has 124 valence electrons. The molecular weight excluding hydrogens is 316 g/mol. The smallest absolute Gasteiger partial charge is 0.276 e. The maximum Gasteiger partial charge on any atom is 0.276 e. The fraction of sp³-hybridized carbons (Fsp3) is 0.105. The molecule has 0 radical (unpaired) electrons. The topological polar surface area (TPSA) is 76.8 Å². The lowest BCUT2D eigenvalue weighted by Crippen LogP contribution is -1.90. The normalized spacial score (nSPS) is 10.8. The van der Waals surface area contributed by atoms with Gasteiger partial charge in [-0.3, -0.25) is 5.10 Å². The van der Waals surface area contributed by atoms with Gasteiger partial charge in [-0.2, -0.15) is 10.1 Å². The summed E-state index contributed by atoms with van der Waals surface area (Å²) in [7, 11) is 0. The van der Waals surface area contributed by atoms with Crippen molar-refractivity contribution >= 4 is 0 Å². The first-order valence-corrected chi connectivity index (χ1v) is 8.01. The predicted octanol–water partition coefficient (Wildman–Crippen LogP) is 4.19. The van der Waals surface area contributed by atoms with E-state index in [1.165, 1.54) is 0 Å². The second kappa shape index (κ2) is 6.60. The maximum atomic E-state index is 5.44. The van der Waals surface area contributed by atoms with Crippen molar-refractivity contribution in [2.45, 2.75) is 6.92 Å². The molecule has 2 aromatic carbocycles. The van der Waals surface area contributed by atoms with Crippen molar-refractivity contribution in [3.8, 4) is 40.0 Å². The molecule has 0 atom stereocenters. The van der Waals surface area contributed by atoms with Crippen LogP contribution in [0.25, 0.3) is 34.2 Å². The Bertz CT molecular complexity index is 959. The lowest BCUT2D eigenvalue weighted by molar-refractivity contribution is 0.340. The van der Waals surface area contributed by atoms with Gasteiger partial charge in [0.2, 0.25) is 5.82 Å². The number of H-pyrrole nitrogens is 1. The highest BCUT2D eigenvalue weighted by molar-refractivity contribution is 5.65. The van der Waals surface area contributed by atoms with Crippen LogP contribution in [-0.2, 0) is 0 Å². The number of nitrogens with zero attached hydrogens (tertiary/aromatic N) is 3. The van der Waals surface area contributed by atoms with E-state index >= 15 is 0 Å². The zero-order chi connectivity index (χ0) is 17.1. The van der Waals surface area contributed by atoms with Crippen LogP contribution in [0.15, 0.2) is 65.2 Å². The average molecular weight is 332 g/mol. The summed E-state index contributed by atoms with van der Waals surface area (Å²) in [5.41, 5.74) is 3.40. The Morgan fingerprint density at radius 2 is 1.80 bits per heavy atom. The maximum absolute atomic E-state index is 5.44. The molecule has 2 heterocycles. The number of rotatable bonds is 5. The van der Waals surface area contributed by atoms with Crippen LogP contribution < -0.4 is 4.74 Å². The van der Waals surface area contributed by atoms with Crippen molar-refractivity contribution < 1.29 is 9.26 Å². The van der Waals surface area contributed by atoms with Crippen molar-refractivity contribution in [3.05, 3.63) is 60.7 Å². The Morgan fingerprint density at radius 1 is 1.00 bits per heavy atom. The van der Waals surface area contributed by atoms with Gasteiger partial charge in [0.25, 0.3) is 5.89 Å². The molecule has 4 aromatic rings. The summed E-state index contributed by atoms with van der Waals surface area (Å²) >= 11 is 0. The molecular formula is C19H16N4O2. The van der Waals surface area contributed by atoms with E-state index in [4.69, 9.17) is 9.26 Å². The summed E-state index contributed by atoms with van der Waals surface area (Å²) in [6, 6.07) is 19.4. The number of aromatic amines is 1. The van der Waals surface area contributed by atoms with Gasteiger partial charge in [-0.15, -0.1) is 0 Å². The van der Waals surface area contributed by atoms with E-state index < -0.39 is 0 Å². The molecule has 4 rings (SSSR count). The van der Waals surface area contributed by atoms with Crippen LogP contribution in [0.5, 0.6) is 5.75 Å². The lowest BCUT2D eigenvalue weighted by Gasteiger charge is -2.02. The first-order valence-electron chi connectivity index (χ1n) is 8.01. The molecule has 6 nitrogen and oxygen atoms in total. The Balaban J connectivity index is 1.58. The molecule has 0 unspecified atom stereocenters. The second-order valence-electron chi connectivity index (χ2n) is 5.41. The second-order valence-corrected chi connectivity index (χ2v) is 5.41. The highest BCUT2D eigenvalue weighted by Crippen LogP contribution is 2.25. The van der Waals surface area contributed by atoms with Gasteiger partial charge < -0.3 is 9.26 Å². The van der Waals surface area contributed by atoms with E-state index in [1.54, 1.807) is 0 Å². The Kier molecular flexibility index (Phi) is 4.00. The highest BCUT2D eigenvalue weighted by atomic mass is 16.5. The van der Waals surface area contributed by atoms with Gasteiger partial charge in [-0.05, 0) is 37.3 Å². The van der Waals surface area contributed by atoms with E-state index in [0.717, 1.165) is 22.6 Å². The first-order chi connectivity index (χ1) is 12.3. The Morgan fingerprint density at radius 3 is 2.56 bits per heavy atom. The molecule has 25 heavy (non-hydrogen) atoms. The highest BCUT2D eigenvalue weighted by Gasteiger charge is 2.14. The Labute approximate surface area is 144 Å². The van der Waals surface area contributed by atoms with Crippen molar-refractivity contribution in [2.75, 3.05) is 6.61 Å². The van der Waals surface area contributed by atoms with Crippen LogP contribution in [0.3, 0.4) is 0 Å². The largest absolute Gasteiger partial charge is 0.494 e. The van der Waals surface area contributed by atoms with Gasteiger partial charge in [-0.25, -0.2) is 0 Å². The summed E-state index contributed by atoms with van der Waals surface area (Å²) < 4.78 is 10.8. The van der Waals surface area contributed by atoms with Crippen LogP contribution in [0, 0.1) is 0 Å². The number of ether oxygens (including phenoxy) is 1. The van der Waals surface area contributed by atoms with Crippen LogP contribution in [0.2, 0.25) is 0 Å². The molecule has 2 aromatic heterocycles. The molecule has 0 spiro atoms. The van der Waals surface area contributed by atoms with Gasteiger partial charge >= 0.3 is 0 Å². The minimum atomic E-state index is 0.401. The molecule has 0 fully saturated rings. The number of hydrogen-bond donors (Lipinski definition) is 1. The van der Waals surface area contributed by atoms with Gasteiger partial charge in [-0.1, -0.05) is 35.5 Å². The van der Waals surface area contributed by atoms with E-state index in [1.807, 2.05) is 67.6 Å². The first kappa shape index (κ1) is 15.1. The van der Waals surface area contributed by atoms with E-state index in [0.29, 0.717) is 24.0 Å². The quantitative estimate of drug-likeness (QED) is 0.593. The van der Waals surface area contributed by atoms with Crippen molar-refractivity contribution in [3.63, 3.8) is 0 Å². The van der Waals surface area contributed by atoms with Gasteiger partial charge in [0, 0.05) is 11.1 Å². The van der Waals surface area contributed by atoms with Crippen LogP contribution in [0.1, 0.15) is 6.92 Å². The number of hydrogen-bond acceptors (Lipinski definition) is 5. The number of benzene rings is 2. The van der Waals surface area contributed by atoms with Gasteiger partial charge in [0.05, 0.1) is 12.3 Å². The minimum absolute atomic E-state index is 0.401. The van der Waals surface area contributed by atoms with Crippen LogP contribution >= 0.6 is 0 Å². The summed E-state index contributed by atoms with van der Waals surface area (Å²) in [5, 5.41) is 11.3. The van der Waals surface area contributed by atoms with Crippen molar-refractivity contribution in [2.24, 2.45) is 0 Å². The lowest BCUT2D eigenvalue weighted by atomic mass is 10.1. The monoisotopic (exact) mass is 332 g/mol. The predicted molar refractivity (Wildman–Crippen MR) is 93.9 cm³/mol. The minimum Gasteiger partial charge on any atom is -0.494 e. The fourth-order valence-corrected chi connectivity index (χ4v) is 2.51. The molecule has 6 heteroatoms. The third-order valence-electron chi connectivity index (χ3n) is 3.73. The molecule has 0 saturated carbocycles. The van der Waals surface area contributed by atoms with Crippen molar-refractivity contribution in [1.29, 1.82) is 0 Å². The van der Waals surface area contributed by atoms with E-state index in [9.17, 15) is 0 Å². The summed E-state index contributed by atoms with van der Waals surface area (Å²) in [4.78, 5) is 4.44. The molecule has 0 amide bonds. The molecule has 0 bridgehead atoms. The zero-order valence-electron chi connectivity index (χ0n) is 13.6. The van der Waals surface area contributed by atoms with Crippen LogP contribution in [-0.4, -0.2) is 26.9 Å². The van der Waals surface area contributed by atoms with Gasteiger partial charge in [0.15, 0.2) is 0 Å². The van der Waals surface area contributed by atoms with E-state index in [2.05, 4.69) is 20.3 Å². The molecule has 1 N–H and O–H groups in total. The Hall–Kier alpha value is -3.41. The van der Waals surface area contributed by atoms with Gasteiger partial charge in [0.1, 0.15) is 11.4 Å². The van der Waals surface area contributed by atoms with Crippen molar-refractivity contribution in [1.82, 2.24) is 20.3 Å². The molecule has 0 aliphatic carbocycles. The molecule has 0 aliphatic rings. The number of nitrogens with one attached hydrogen (secondary N) is 1. The molecule has 0 saturated heterocycles. The van der Waals surface area contributed by atoms with Crippen LogP contribution in [0.4, 0.5) is 0 Å².